The molecule has 1 saturated heterocycles. The molecule has 1 amide bonds. The molecule has 2 aliphatic heterocycles. The Labute approximate surface area is 182 Å². The van der Waals surface area contributed by atoms with E-state index in [0.717, 1.165) is 10.6 Å². The molecule has 1 aromatic heterocycles. The Bertz CT molecular complexity index is 1180. The molecule has 2 N–H and O–H groups in total. The summed E-state index contributed by atoms with van der Waals surface area (Å²) in [5.41, 5.74) is -3.86. The molecule has 10 heteroatoms. The van der Waals surface area contributed by atoms with Crippen molar-refractivity contribution < 1.29 is 32.9 Å². The number of amides is 1. The second-order valence-corrected chi connectivity index (χ2v) is 8.62. The Morgan fingerprint density at radius 3 is 2.50 bits per heavy atom. The SMILES string of the molecule is CCN(C)C(=O)[C@@H]1C[C@]2(C)O[C@@]1(C)c1c2c(O)n(-c2ccc(C#N)c(C(F)(F)F)c2)c1O. The minimum Gasteiger partial charge on any atom is -0.494 e. The Balaban J connectivity index is 1.91. The number of fused-ring (bicyclic) bond motifs is 5. The Morgan fingerprint density at radius 2 is 1.94 bits per heavy atom. The standard InChI is InChI=1S/C22H22F3N3O4/c1-5-27(4)17(29)14-9-20(2)15-16(21(14,3)32-20)19(31)28(18(15)30)12-7-6-11(10-26)13(8-12)22(23,24)25/h6-8,14,30-31H,5,9H2,1-4H3/t14-,20-,21+/m0/s1. The monoisotopic (exact) mass is 449 g/mol. The molecule has 4 rings (SSSR count). The summed E-state index contributed by atoms with van der Waals surface area (Å²) in [6, 6.07) is 4.40. The van der Waals surface area contributed by atoms with Crippen LogP contribution in [0.15, 0.2) is 18.2 Å². The molecule has 0 radical (unpaired) electrons. The number of halogens is 3. The maximum Gasteiger partial charge on any atom is 0.417 e. The van der Waals surface area contributed by atoms with E-state index >= 15 is 0 Å². The van der Waals surface area contributed by atoms with E-state index in [4.69, 9.17) is 10.00 Å². The molecule has 7 nitrogen and oxygen atoms in total. The lowest BCUT2D eigenvalue weighted by Crippen LogP contribution is -2.42. The predicted molar refractivity (Wildman–Crippen MR) is 106 cm³/mol. The Hall–Kier alpha value is -3.19. The first-order valence-corrected chi connectivity index (χ1v) is 10.0. The number of carbonyl (C=O) groups excluding carboxylic acids is 1. The highest BCUT2D eigenvalue weighted by Gasteiger charge is 2.66. The summed E-state index contributed by atoms with van der Waals surface area (Å²) < 4.78 is 47.4. The maximum atomic E-state index is 13.5. The van der Waals surface area contributed by atoms with Gasteiger partial charge in [0.15, 0.2) is 0 Å². The minimum atomic E-state index is -4.80. The zero-order valence-electron chi connectivity index (χ0n) is 17.9. The van der Waals surface area contributed by atoms with Gasteiger partial charge in [0.1, 0.15) is 5.60 Å². The highest BCUT2D eigenvalue weighted by atomic mass is 19.4. The molecular formula is C22H22F3N3O4. The van der Waals surface area contributed by atoms with Gasteiger partial charge in [0.25, 0.3) is 0 Å². The maximum absolute atomic E-state index is 13.5. The first-order chi connectivity index (χ1) is 14.8. The van der Waals surface area contributed by atoms with Crippen LogP contribution in [-0.4, -0.2) is 39.2 Å². The van der Waals surface area contributed by atoms with Crippen LogP contribution in [0.1, 0.15) is 49.4 Å². The molecule has 170 valence electrons. The van der Waals surface area contributed by atoms with Crippen LogP contribution in [0.3, 0.4) is 0 Å². The van der Waals surface area contributed by atoms with Crippen LogP contribution in [-0.2, 0) is 26.9 Å². The molecule has 1 aromatic carbocycles. The summed E-state index contributed by atoms with van der Waals surface area (Å²) >= 11 is 0. The quantitative estimate of drug-likeness (QED) is 0.744. The molecular weight excluding hydrogens is 427 g/mol. The van der Waals surface area contributed by atoms with Gasteiger partial charge in [-0.05, 0) is 45.4 Å². The van der Waals surface area contributed by atoms with E-state index in [1.165, 1.54) is 17.0 Å². The van der Waals surface area contributed by atoms with Gasteiger partial charge in [-0.1, -0.05) is 0 Å². The van der Waals surface area contributed by atoms with Crippen LogP contribution >= 0.6 is 0 Å². The molecule has 2 bridgehead atoms. The third kappa shape index (κ3) is 2.73. The van der Waals surface area contributed by atoms with E-state index in [1.54, 1.807) is 20.9 Å². The normalized spacial score (nSPS) is 26.1. The van der Waals surface area contributed by atoms with Crippen molar-refractivity contribution in [1.82, 2.24) is 9.47 Å². The largest absolute Gasteiger partial charge is 0.494 e. The molecule has 0 unspecified atom stereocenters. The fourth-order valence-corrected chi connectivity index (χ4v) is 5.05. The summed E-state index contributed by atoms with van der Waals surface area (Å²) in [6.45, 7) is 5.61. The van der Waals surface area contributed by atoms with Gasteiger partial charge in [-0.25, -0.2) is 0 Å². The number of rotatable bonds is 3. The smallest absolute Gasteiger partial charge is 0.417 e. The van der Waals surface area contributed by atoms with Gasteiger partial charge < -0.3 is 19.8 Å². The second-order valence-electron chi connectivity index (χ2n) is 8.62. The zero-order chi connectivity index (χ0) is 23.8. The van der Waals surface area contributed by atoms with Crippen LogP contribution < -0.4 is 0 Å². The third-order valence-corrected chi connectivity index (χ3v) is 6.68. The van der Waals surface area contributed by atoms with Crippen LogP contribution in [0.4, 0.5) is 13.2 Å². The number of alkyl halides is 3. The van der Waals surface area contributed by atoms with Crippen molar-refractivity contribution in [3.63, 3.8) is 0 Å². The second kappa shape index (κ2) is 6.65. The summed E-state index contributed by atoms with van der Waals surface area (Å²) in [6.07, 6.45) is -4.55. The molecule has 3 atom stereocenters. The number of nitrogens with zero attached hydrogens (tertiary/aromatic N) is 3. The number of benzene rings is 1. The molecule has 0 aliphatic carbocycles. The van der Waals surface area contributed by atoms with Crippen molar-refractivity contribution >= 4 is 5.91 Å². The van der Waals surface area contributed by atoms with E-state index in [1.807, 2.05) is 6.92 Å². The van der Waals surface area contributed by atoms with Gasteiger partial charge in [0.2, 0.25) is 17.7 Å². The number of aromatic hydroxyl groups is 2. The van der Waals surface area contributed by atoms with Gasteiger partial charge in [-0.15, -0.1) is 0 Å². The number of ether oxygens (including phenoxy) is 1. The highest BCUT2D eigenvalue weighted by molar-refractivity contribution is 5.82. The average molecular weight is 449 g/mol. The number of carbonyl (C=O) groups is 1. The fraction of sp³-hybridized carbons (Fsp3) is 0.455. The molecule has 0 saturated carbocycles. The van der Waals surface area contributed by atoms with E-state index in [2.05, 4.69) is 0 Å². The lowest BCUT2D eigenvalue weighted by atomic mass is 9.72. The van der Waals surface area contributed by atoms with Crippen LogP contribution in [0, 0.1) is 17.2 Å². The van der Waals surface area contributed by atoms with Gasteiger partial charge in [-0.3, -0.25) is 9.36 Å². The summed E-state index contributed by atoms with van der Waals surface area (Å²) in [5.74, 6) is -1.79. The van der Waals surface area contributed by atoms with Gasteiger partial charge in [0, 0.05) is 13.6 Å². The van der Waals surface area contributed by atoms with Crippen molar-refractivity contribution in [2.45, 2.75) is 44.6 Å². The summed E-state index contributed by atoms with van der Waals surface area (Å²) in [4.78, 5) is 14.5. The molecule has 0 spiro atoms. The van der Waals surface area contributed by atoms with E-state index in [-0.39, 0.29) is 29.1 Å². The summed E-state index contributed by atoms with van der Waals surface area (Å²) in [5, 5.41) is 31.1. The van der Waals surface area contributed by atoms with E-state index in [0.29, 0.717) is 12.6 Å². The van der Waals surface area contributed by atoms with Gasteiger partial charge in [0.05, 0.1) is 45.5 Å². The van der Waals surface area contributed by atoms with Crippen molar-refractivity contribution in [2.24, 2.45) is 5.92 Å². The van der Waals surface area contributed by atoms with Crippen LogP contribution in [0.25, 0.3) is 5.69 Å². The molecule has 2 aliphatic rings. The molecule has 1 fully saturated rings. The lowest BCUT2D eigenvalue weighted by molar-refractivity contribution is -0.141. The summed E-state index contributed by atoms with van der Waals surface area (Å²) in [7, 11) is 1.65. The lowest BCUT2D eigenvalue weighted by Gasteiger charge is -2.31. The van der Waals surface area contributed by atoms with Crippen LogP contribution in [0.2, 0.25) is 0 Å². The highest BCUT2D eigenvalue weighted by Crippen LogP contribution is 2.66. The van der Waals surface area contributed by atoms with Crippen molar-refractivity contribution in [2.75, 3.05) is 13.6 Å². The van der Waals surface area contributed by atoms with Gasteiger partial charge in [-0.2, -0.15) is 18.4 Å². The average Bonchev–Trinajstić information content (AvgIpc) is 3.26. The molecule has 32 heavy (non-hydrogen) atoms. The minimum absolute atomic E-state index is 0.166. The van der Waals surface area contributed by atoms with Crippen LogP contribution in [0.5, 0.6) is 11.8 Å². The first-order valence-electron chi connectivity index (χ1n) is 10.0. The van der Waals surface area contributed by atoms with E-state index < -0.39 is 46.2 Å². The topological polar surface area (TPSA) is 98.7 Å². The Morgan fingerprint density at radius 1 is 1.31 bits per heavy atom. The molecule has 2 aromatic rings. The third-order valence-electron chi connectivity index (χ3n) is 6.68. The van der Waals surface area contributed by atoms with Crippen molar-refractivity contribution in [1.29, 1.82) is 5.26 Å². The van der Waals surface area contributed by atoms with Crippen molar-refractivity contribution in [3.8, 4) is 23.5 Å². The van der Waals surface area contributed by atoms with Gasteiger partial charge >= 0.3 is 6.18 Å². The van der Waals surface area contributed by atoms with Crippen molar-refractivity contribution in [3.05, 3.63) is 40.5 Å². The zero-order valence-corrected chi connectivity index (χ0v) is 17.9. The number of aromatic nitrogens is 1. The number of hydrogen-bond acceptors (Lipinski definition) is 5. The Kier molecular flexibility index (Phi) is 4.58. The number of nitriles is 1. The number of hydrogen-bond donors (Lipinski definition) is 2. The van der Waals surface area contributed by atoms with E-state index in [9.17, 15) is 28.2 Å². The first kappa shape index (κ1) is 22.0. The fourth-order valence-electron chi connectivity index (χ4n) is 5.05. The molecule has 3 heterocycles. The predicted octanol–water partition coefficient (Wildman–Crippen LogP) is 3.74.